The number of fused-ring (bicyclic) bond motifs is 4. The minimum Gasteiger partial charge on any atom is -0.333 e. The molecule has 0 saturated heterocycles. The summed E-state index contributed by atoms with van der Waals surface area (Å²) in [6, 6.07) is 79.7. The smallest absolute Gasteiger partial charge is 0.0629 e. The lowest BCUT2D eigenvalue weighted by atomic mass is 9.91. The molecule has 2 aliphatic rings. The van der Waals surface area contributed by atoms with Gasteiger partial charge in [-0.25, -0.2) is 0 Å². The van der Waals surface area contributed by atoms with Crippen molar-refractivity contribution in [2.24, 2.45) is 0 Å². The first kappa shape index (κ1) is 35.5. The lowest BCUT2D eigenvalue weighted by molar-refractivity contribution is 0.745. The Labute approximate surface area is 352 Å². The lowest BCUT2D eigenvalue weighted by Crippen LogP contribution is -2.28. The van der Waals surface area contributed by atoms with E-state index in [4.69, 9.17) is 0 Å². The van der Waals surface area contributed by atoms with Crippen molar-refractivity contribution in [2.45, 2.75) is 12.0 Å². The molecule has 9 aromatic carbocycles. The Morgan fingerprint density at radius 2 is 0.750 bits per heavy atom. The van der Waals surface area contributed by atoms with Gasteiger partial charge in [-0.2, -0.15) is 0 Å². The van der Waals surface area contributed by atoms with E-state index in [-0.39, 0.29) is 0 Å². The summed E-state index contributed by atoms with van der Waals surface area (Å²) in [7, 11) is 0. The van der Waals surface area contributed by atoms with Crippen LogP contribution in [0.4, 0.5) is 28.4 Å². The highest BCUT2D eigenvalue weighted by atomic mass is 15.2. The zero-order valence-corrected chi connectivity index (χ0v) is 33.1. The van der Waals surface area contributed by atoms with E-state index in [0.717, 1.165) is 17.1 Å². The van der Waals surface area contributed by atoms with Crippen LogP contribution in [0.25, 0.3) is 55.3 Å². The van der Waals surface area contributed by atoms with E-state index in [1.165, 1.54) is 72.2 Å². The Morgan fingerprint density at radius 3 is 1.32 bits per heavy atom. The minimum atomic E-state index is 0.291. The molecule has 1 aliphatic heterocycles. The molecule has 284 valence electrons. The fourth-order valence-corrected chi connectivity index (χ4v) is 9.30. The van der Waals surface area contributed by atoms with Gasteiger partial charge in [-0.05, 0) is 115 Å². The van der Waals surface area contributed by atoms with Crippen LogP contribution in [0.5, 0.6) is 0 Å². The van der Waals surface area contributed by atoms with Gasteiger partial charge in [-0.1, -0.05) is 188 Å². The third-order valence-electron chi connectivity index (χ3n) is 12.2. The maximum atomic E-state index is 2.49. The van der Waals surface area contributed by atoms with Gasteiger partial charge in [0.1, 0.15) is 0 Å². The largest absolute Gasteiger partial charge is 0.333 e. The Morgan fingerprint density at radius 1 is 0.333 bits per heavy atom. The van der Waals surface area contributed by atoms with E-state index < -0.39 is 0 Å². The Kier molecular flexibility index (Phi) is 9.02. The molecule has 11 rings (SSSR count). The van der Waals surface area contributed by atoms with Crippen molar-refractivity contribution in [3.63, 3.8) is 0 Å². The van der Waals surface area contributed by atoms with Gasteiger partial charge in [0.05, 0.1) is 6.04 Å². The second-order valence-electron chi connectivity index (χ2n) is 15.7. The summed E-state index contributed by atoms with van der Waals surface area (Å²) in [5, 5.41) is 2.51. The Bertz CT molecular complexity index is 3000. The van der Waals surface area contributed by atoms with Crippen LogP contribution in [0.3, 0.4) is 0 Å². The van der Waals surface area contributed by atoms with E-state index in [1.807, 2.05) is 0 Å². The SMILES string of the molecule is C1=CC2c3ccccc3N(c3ccc(-c4ccc(N(c5ccc(-c6ccccc6)cc5)c5ccc(-c6ccc(-c7ccccc7)c7ccccc67)cc5)cc4)cc3)C2C=C1. The molecular weight excluding hydrogens is 725 g/mol. The maximum absolute atomic E-state index is 2.49. The minimum absolute atomic E-state index is 0.291. The first-order valence-electron chi connectivity index (χ1n) is 20.8. The van der Waals surface area contributed by atoms with Crippen molar-refractivity contribution >= 4 is 39.2 Å². The number of nitrogens with zero attached hydrogens (tertiary/aromatic N) is 2. The molecule has 0 amide bonds. The average Bonchev–Trinajstić information content (AvgIpc) is 3.67. The number of benzene rings is 9. The molecule has 60 heavy (non-hydrogen) atoms. The van der Waals surface area contributed by atoms with Crippen LogP contribution in [-0.4, -0.2) is 6.04 Å². The molecule has 1 heterocycles. The molecule has 0 radical (unpaired) electrons. The molecule has 0 fully saturated rings. The molecular formula is C58H42N2. The Balaban J connectivity index is 0.923. The van der Waals surface area contributed by atoms with Crippen molar-refractivity contribution in [1.82, 2.24) is 0 Å². The van der Waals surface area contributed by atoms with Gasteiger partial charge in [0, 0.05) is 34.4 Å². The predicted molar refractivity (Wildman–Crippen MR) is 254 cm³/mol. The van der Waals surface area contributed by atoms with Crippen molar-refractivity contribution in [1.29, 1.82) is 0 Å². The monoisotopic (exact) mass is 766 g/mol. The summed E-state index contributed by atoms with van der Waals surface area (Å²) in [4.78, 5) is 4.84. The van der Waals surface area contributed by atoms with Gasteiger partial charge in [-0.15, -0.1) is 0 Å². The summed E-state index contributed by atoms with van der Waals surface area (Å²) >= 11 is 0. The number of anilines is 5. The van der Waals surface area contributed by atoms with Crippen LogP contribution in [0, 0.1) is 0 Å². The van der Waals surface area contributed by atoms with Crippen molar-refractivity contribution in [3.05, 3.63) is 248 Å². The third kappa shape index (κ3) is 6.40. The lowest BCUT2D eigenvalue weighted by Gasteiger charge is -2.29. The molecule has 2 nitrogen and oxygen atoms in total. The summed E-state index contributed by atoms with van der Waals surface area (Å²) in [6.07, 6.45) is 9.02. The highest BCUT2D eigenvalue weighted by molar-refractivity contribution is 6.05. The molecule has 0 saturated carbocycles. The second-order valence-corrected chi connectivity index (χ2v) is 15.7. The highest BCUT2D eigenvalue weighted by Crippen LogP contribution is 2.48. The second kappa shape index (κ2) is 15.2. The van der Waals surface area contributed by atoms with Crippen LogP contribution in [-0.2, 0) is 0 Å². The van der Waals surface area contributed by atoms with Crippen LogP contribution in [0.1, 0.15) is 11.5 Å². The van der Waals surface area contributed by atoms with Crippen LogP contribution in [0.2, 0.25) is 0 Å². The van der Waals surface area contributed by atoms with E-state index in [9.17, 15) is 0 Å². The predicted octanol–water partition coefficient (Wildman–Crippen LogP) is 15.7. The fraction of sp³-hybridized carbons (Fsp3) is 0.0345. The van der Waals surface area contributed by atoms with Gasteiger partial charge in [0.15, 0.2) is 0 Å². The van der Waals surface area contributed by atoms with Gasteiger partial charge in [0.2, 0.25) is 0 Å². The Hall–Kier alpha value is -7.68. The first-order valence-corrected chi connectivity index (χ1v) is 20.8. The van der Waals surface area contributed by atoms with E-state index in [0.29, 0.717) is 12.0 Å². The average molecular weight is 767 g/mol. The highest BCUT2D eigenvalue weighted by Gasteiger charge is 2.36. The molecule has 2 atom stereocenters. The zero-order chi connectivity index (χ0) is 39.8. The van der Waals surface area contributed by atoms with E-state index >= 15 is 0 Å². The summed E-state index contributed by atoms with van der Waals surface area (Å²) in [6.45, 7) is 0. The van der Waals surface area contributed by atoms with Crippen LogP contribution < -0.4 is 9.80 Å². The van der Waals surface area contributed by atoms with Gasteiger partial charge in [-0.3, -0.25) is 0 Å². The summed E-state index contributed by atoms with van der Waals surface area (Å²) in [5.74, 6) is 0.374. The molecule has 1 aliphatic carbocycles. The summed E-state index contributed by atoms with van der Waals surface area (Å²) < 4.78 is 0. The maximum Gasteiger partial charge on any atom is 0.0629 e. The quantitative estimate of drug-likeness (QED) is 0.152. The molecule has 2 heteroatoms. The van der Waals surface area contributed by atoms with Crippen molar-refractivity contribution in [2.75, 3.05) is 9.80 Å². The van der Waals surface area contributed by atoms with Crippen LogP contribution >= 0.6 is 0 Å². The molecule has 9 aromatic rings. The van der Waals surface area contributed by atoms with Gasteiger partial charge < -0.3 is 9.80 Å². The van der Waals surface area contributed by atoms with Crippen molar-refractivity contribution < 1.29 is 0 Å². The van der Waals surface area contributed by atoms with Gasteiger partial charge >= 0.3 is 0 Å². The normalized spacial score (nSPS) is 15.2. The molecule has 2 unspecified atom stereocenters. The third-order valence-corrected chi connectivity index (χ3v) is 12.2. The first-order chi connectivity index (χ1) is 29.8. The van der Waals surface area contributed by atoms with Gasteiger partial charge in [0.25, 0.3) is 0 Å². The standard InChI is InChI=1S/C58H42N2/c1-3-13-41(14-4-1)42-23-31-47(32-24-42)59(49-37-29-46(30-38-49)52-40-39-51(45-15-5-2-6-16-45)53-17-7-8-18-54(52)53)48-33-25-43(26-34-48)44-27-35-50(36-28-44)60-57-21-11-9-19-55(57)56-20-10-12-22-58(56)60/h1-40,55,57H. The number of para-hydroxylation sites is 1. The van der Waals surface area contributed by atoms with Crippen molar-refractivity contribution in [3.8, 4) is 44.5 Å². The number of hydrogen-bond acceptors (Lipinski definition) is 2. The molecule has 0 N–H and O–H groups in total. The number of allylic oxidation sites excluding steroid dienone is 2. The summed E-state index contributed by atoms with van der Waals surface area (Å²) in [5.41, 5.74) is 16.9. The zero-order valence-electron chi connectivity index (χ0n) is 33.1. The van der Waals surface area contributed by atoms with E-state index in [2.05, 4.69) is 252 Å². The molecule has 0 aromatic heterocycles. The van der Waals surface area contributed by atoms with E-state index in [1.54, 1.807) is 0 Å². The molecule has 0 spiro atoms. The fourth-order valence-electron chi connectivity index (χ4n) is 9.30. The number of rotatable bonds is 8. The topological polar surface area (TPSA) is 6.48 Å². The van der Waals surface area contributed by atoms with Crippen LogP contribution in [0.15, 0.2) is 243 Å². The molecule has 0 bridgehead atoms. The number of hydrogen-bond donors (Lipinski definition) is 0.